The van der Waals surface area contributed by atoms with Crippen LogP contribution in [0.25, 0.3) is 0 Å². The van der Waals surface area contributed by atoms with Crippen molar-refractivity contribution in [3.8, 4) is 0 Å². The third kappa shape index (κ3) is 3.45. The number of hydrogen-bond acceptors (Lipinski definition) is 2. The number of aryl methyl sites for hydroxylation is 1. The van der Waals surface area contributed by atoms with Crippen molar-refractivity contribution >= 4 is 17.6 Å². The minimum atomic E-state index is -0.958. The van der Waals surface area contributed by atoms with E-state index < -0.39 is 5.97 Å². The Morgan fingerprint density at radius 3 is 2.35 bits per heavy atom. The molecule has 0 saturated carbocycles. The summed E-state index contributed by atoms with van der Waals surface area (Å²) in [6.45, 7) is 1.97. The summed E-state index contributed by atoms with van der Waals surface area (Å²) in [6.07, 6.45) is -0.169. The molecule has 0 atom stereocenters. The first-order chi connectivity index (χ1) is 9.56. The average molecular weight is 269 g/mol. The van der Waals surface area contributed by atoms with Gasteiger partial charge in [-0.25, -0.2) is 0 Å². The molecule has 2 rings (SSSR count). The number of aliphatic carboxylic acids is 1. The Labute approximate surface area is 117 Å². The van der Waals surface area contributed by atoms with Crippen molar-refractivity contribution in [3.05, 3.63) is 65.2 Å². The van der Waals surface area contributed by atoms with Gasteiger partial charge in [0.1, 0.15) is 0 Å². The van der Waals surface area contributed by atoms with Crippen LogP contribution >= 0.6 is 0 Å². The lowest BCUT2D eigenvalue weighted by molar-refractivity contribution is -0.136. The fraction of sp³-hybridized carbons (Fsp3) is 0.125. The van der Waals surface area contributed by atoms with Gasteiger partial charge < -0.3 is 10.4 Å². The van der Waals surface area contributed by atoms with Gasteiger partial charge in [0.2, 0.25) is 0 Å². The van der Waals surface area contributed by atoms with Crippen LogP contribution in [0.5, 0.6) is 0 Å². The van der Waals surface area contributed by atoms with E-state index in [9.17, 15) is 9.59 Å². The Morgan fingerprint density at radius 1 is 1.05 bits per heavy atom. The van der Waals surface area contributed by atoms with Crippen LogP contribution in [-0.4, -0.2) is 17.0 Å². The maximum absolute atomic E-state index is 12.2. The van der Waals surface area contributed by atoms with Crippen molar-refractivity contribution in [3.63, 3.8) is 0 Å². The summed E-state index contributed by atoms with van der Waals surface area (Å²) in [7, 11) is 0. The van der Waals surface area contributed by atoms with E-state index in [1.807, 2.05) is 31.2 Å². The predicted molar refractivity (Wildman–Crippen MR) is 76.9 cm³/mol. The zero-order chi connectivity index (χ0) is 14.5. The first-order valence-corrected chi connectivity index (χ1v) is 6.24. The molecule has 4 nitrogen and oxygen atoms in total. The summed E-state index contributed by atoms with van der Waals surface area (Å²) in [4.78, 5) is 23.0. The molecule has 0 aliphatic rings. The average Bonchev–Trinajstić information content (AvgIpc) is 2.41. The quantitative estimate of drug-likeness (QED) is 0.896. The van der Waals surface area contributed by atoms with Gasteiger partial charge in [0.15, 0.2) is 0 Å². The number of hydrogen-bond donors (Lipinski definition) is 2. The molecule has 2 N–H and O–H groups in total. The zero-order valence-electron chi connectivity index (χ0n) is 11.1. The molecule has 2 aromatic rings. The van der Waals surface area contributed by atoms with Crippen LogP contribution in [-0.2, 0) is 11.2 Å². The normalized spacial score (nSPS) is 10.1. The van der Waals surface area contributed by atoms with E-state index in [0.717, 1.165) is 5.56 Å². The topological polar surface area (TPSA) is 66.4 Å². The molecule has 1 amide bonds. The summed E-state index contributed by atoms with van der Waals surface area (Å²) in [6, 6.07) is 14.1. The van der Waals surface area contributed by atoms with Crippen LogP contribution in [0.2, 0.25) is 0 Å². The van der Waals surface area contributed by atoms with Crippen molar-refractivity contribution < 1.29 is 14.7 Å². The second-order valence-corrected chi connectivity index (χ2v) is 4.55. The summed E-state index contributed by atoms with van der Waals surface area (Å²) >= 11 is 0. The first kappa shape index (κ1) is 13.8. The highest BCUT2D eigenvalue weighted by molar-refractivity contribution is 6.05. The molecule has 4 heteroatoms. The van der Waals surface area contributed by atoms with Crippen molar-refractivity contribution in [2.75, 3.05) is 5.32 Å². The predicted octanol–water partition coefficient (Wildman–Crippen LogP) is 2.87. The van der Waals surface area contributed by atoms with Gasteiger partial charge in [-0.05, 0) is 30.7 Å². The third-order valence-electron chi connectivity index (χ3n) is 2.91. The van der Waals surface area contributed by atoms with E-state index in [-0.39, 0.29) is 12.3 Å². The Balaban J connectivity index is 2.20. The molecule has 0 radical (unpaired) electrons. The summed E-state index contributed by atoms with van der Waals surface area (Å²) in [5, 5.41) is 11.6. The highest BCUT2D eigenvalue weighted by Crippen LogP contribution is 2.14. The number of rotatable bonds is 4. The summed E-state index contributed by atoms with van der Waals surface area (Å²) < 4.78 is 0. The standard InChI is InChI=1S/C16H15NO3/c1-11-6-8-13(9-7-11)17-16(20)14-5-3-2-4-12(14)10-15(18)19/h2-9H,10H2,1H3,(H,17,20)(H,18,19). The Kier molecular flexibility index (Phi) is 4.15. The lowest BCUT2D eigenvalue weighted by Gasteiger charge is -2.09. The molecule has 0 saturated heterocycles. The maximum Gasteiger partial charge on any atom is 0.307 e. The molecule has 0 spiro atoms. The molecule has 0 heterocycles. The Morgan fingerprint density at radius 2 is 1.70 bits per heavy atom. The van der Waals surface area contributed by atoms with Crippen molar-refractivity contribution in [1.29, 1.82) is 0 Å². The van der Waals surface area contributed by atoms with Crippen LogP contribution in [0, 0.1) is 6.92 Å². The lowest BCUT2D eigenvalue weighted by Crippen LogP contribution is -2.15. The van der Waals surface area contributed by atoms with E-state index in [2.05, 4.69) is 5.32 Å². The zero-order valence-corrected chi connectivity index (χ0v) is 11.1. The molecule has 0 unspecified atom stereocenters. The number of carbonyl (C=O) groups excluding carboxylic acids is 1. The number of nitrogens with one attached hydrogen (secondary N) is 1. The molecule has 0 fully saturated rings. The monoisotopic (exact) mass is 269 g/mol. The van der Waals surface area contributed by atoms with Gasteiger partial charge >= 0.3 is 5.97 Å². The highest BCUT2D eigenvalue weighted by Gasteiger charge is 2.13. The molecule has 0 aromatic heterocycles. The van der Waals surface area contributed by atoms with Crippen molar-refractivity contribution in [1.82, 2.24) is 0 Å². The molecular weight excluding hydrogens is 254 g/mol. The molecule has 0 aliphatic carbocycles. The van der Waals surface area contributed by atoms with Gasteiger partial charge in [0, 0.05) is 11.3 Å². The van der Waals surface area contributed by atoms with E-state index in [1.165, 1.54) is 0 Å². The van der Waals surface area contributed by atoms with Crippen molar-refractivity contribution in [2.45, 2.75) is 13.3 Å². The Bertz CT molecular complexity index is 632. The third-order valence-corrected chi connectivity index (χ3v) is 2.91. The maximum atomic E-state index is 12.2. The number of carboxylic acid groups (broad SMARTS) is 1. The van der Waals surface area contributed by atoms with E-state index in [0.29, 0.717) is 16.8 Å². The fourth-order valence-electron chi connectivity index (χ4n) is 1.89. The van der Waals surface area contributed by atoms with Crippen LogP contribution in [0.4, 0.5) is 5.69 Å². The molecule has 0 aliphatic heterocycles. The SMILES string of the molecule is Cc1ccc(NC(=O)c2ccccc2CC(=O)O)cc1. The number of anilines is 1. The van der Waals surface area contributed by atoms with E-state index >= 15 is 0 Å². The lowest BCUT2D eigenvalue weighted by atomic mass is 10.0. The number of carboxylic acids is 1. The van der Waals surface area contributed by atoms with Crippen LogP contribution in [0.1, 0.15) is 21.5 Å². The van der Waals surface area contributed by atoms with Gasteiger partial charge in [0.25, 0.3) is 5.91 Å². The second kappa shape index (κ2) is 6.02. The fourth-order valence-corrected chi connectivity index (χ4v) is 1.89. The summed E-state index contributed by atoms with van der Waals surface area (Å²) in [5.74, 6) is -1.26. The van der Waals surface area contributed by atoms with Crippen molar-refractivity contribution in [2.24, 2.45) is 0 Å². The molecule has 2 aromatic carbocycles. The smallest absolute Gasteiger partial charge is 0.307 e. The first-order valence-electron chi connectivity index (χ1n) is 6.24. The minimum absolute atomic E-state index is 0.169. The van der Waals surface area contributed by atoms with E-state index in [1.54, 1.807) is 24.3 Å². The van der Waals surface area contributed by atoms with Crippen LogP contribution in [0.15, 0.2) is 48.5 Å². The minimum Gasteiger partial charge on any atom is -0.481 e. The number of amides is 1. The van der Waals surface area contributed by atoms with Gasteiger partial charge in [-0.1, -0.05) is 35.9 Å². The molecule has 102 valence electrons. The van der Waals surface area contributed by atoms with E-state index in [4.69, 9.17) is 5.11 Å². The molecule has 0 bridgehead atoms. The largest absolute Gasteiger partial charge is 0.481 e. The highest BCUT2D eigenvalue weighted by atomic mass is 16.4. The van der Waals surface area contributed by atoms with Gasteiger partial charge in [-0.3, -0.25) is 9.59 Å². The number of carbonyl (C=O) groups is 2. The second-order valence-electron chi connectivity index (χ2n) is 4.55. The molecule has 20 heavy (non-hydrogen) atoms. The summed E-state index contributed by atoms with van der Waals surface area (Å²) in [5.41, 5.74) is 2.68. The van der Waals surface area contributed by atoms with Crippen LogP contribution < -0.4 is 5.32 Å². The van der Waals surface area contributed by atoms with Gasteiger partial charge in [-0.15, -0.1) is 0 Å². The van der Waals surface area contributed by atoms with Gasteiger partial charge in [-0.2, -0.15) is 0 Å². The van der Waals surface area contributed by atoms with Crippen LogP contribution in [0.3, 0.4) is 0 Å². The molecular formula is C16H15NO3. The Hall–Kier alpha value is -2.62. The van der Waals surface area contributed by atoms with Gasteiger partial charge in [0.05, 0.1) is 6.42 Å². The number of benzene rings is 2.